The first-order valence-electron chi connectivity index (χ1n) is 11.7. The third kappa shape index (κ3) is 8.14. The molecule has 5 atom stereocenters. The summed E-state index contributed by atoms with van der Waals surface area (Å²) in [5.41, 5.74) is 0. The second-order valence-corrected chi connectivity index (χ2v) is 8.79. The Hall–Kier alpha value is -1.21. The van der Waals surface area contributed by atoms with Gasteiger partial charge in [0.05, 0.1) is 38.1 Å². The van der Waals surface area contributed by atoms with Crippen LogP contribution in [0.1, 0.15) is 64.7 Å². The number of allylic oxidation sites excluding steroid dienone is 2. The zero-order chi connectivity index (χ0) is 21.8. The van der Waals surface area contributed by atoms with Gasteiger partial charge in [0, 0.05) is 12.3 Å². The van der Waals surface area contributed by atoms with E-state index < -0.39 is 6.04 Å². The highest BCUT2D eigenvalue weighted by molar-refractivity contribution is 5.76. The van der Waals surface area contributed by atoms with Gasteiger partial charge in [0.25, 0.3) is 0 Å². The highest BCUT2D eigenvalue weighted by Crippen LogP contribution is 2.47. The van der Waals surface area contributed by atoms with E-state index in [1.165, 1.54) is 12.8 Å². The zero-order valence-corrected chi connectivity index (χ0v) is 18.4. The van der Waals surface area contributed by atoms with Crippen LogP contribution in [0.3, 0.4) is 0 Å². The number of aliphatic hydroxyl groups is 3. The SMILES string of the molecule is CCCCC[C@H](O)/C=C/[C@@H]1[C@@H](C/C=C\CCCC(=O)NC(CO)CO)[C@H]2CO[C@@H]1C2. The van der Waals surface area contributed by atoms with E-state index in [0.717, 1.165) is 45.1 Å². The molecule has 2 fully saturated rings. The average Bonchev–Trinajstić information content (AvgIpc) is 3.35. The standard InChI is InChI=1S/C24H41NO5/c1-2-3-6-9-20(28)12-13-22-21(18-14-23(22)30-17-18)10-7-4-5-8-11-24(29)25-19(15-26)16-27/h4,7,12-13,18-23,26-28H,2-3,5-6,8-11,14-17H2,1H3,(H,25,29)/b7-4-,13-12+/t18-,20+,21+,22-,23-/m1/s1. The van der Waals surface area contributed by atoms with Crippen molar-refractivity contribution in [3.05, 3.63) is 24.3 Å². The molecule has 172 valence electrons. The molecular weight excluding hydrogens is 382 g/mol. The highest BCUT2D eigenvalue weighted by atomic mass is 16.5. The third-order valence-corrected chi connectivity index (χ3v) is 6.40. The molecule has 6 heteroatoms. The van der Waals surface area contributed by atoms with E-state index in [1.54, 1.807) is 0 Å². The van der Waals surface area contributed by atoms with Crippen molar-refractivity contribution in [1.82, 2.24) is 5.32 Å². The van der Waals surface area contributed by atoms with Crippen LogP contribution in [0.2, 0.25) is 0 Å². The Morgan fingerprint density at radius 3 is 2.73 bits per heavy atom. The van der Waals surface area contributed by atoms with Crippen molar-refractivity contribution in [1.29, 1.82) is 0 Å². The summed E-state index contributed by atoms with van der Waals surface area (Å²) in [4.78, 5) is 11.8. The summed E-state index contributed by atoms with van der Waals surface area (Å²) in [6.07, 6.45) is 16.8. The van der Waals surface area contributed by atoms with Crippen LogP contribution in [-0.4, -0.2) is 59.3 Å². The van der Waals surface area contributed by atoms with Crippen molar-refractivity contribution in [2.24, 2.45) is 17.8 Å². The Morgan fingerprint density at radius 1 is 1.20 bits per heavy atom. The number of carbonyl (C=O) groups excluding carboxylic acids is 1. The van der Waals surface area contributed by atoms with Crippen LogP contribution in [0.5, 0.6) is 0 Å². The van der Waals surface area contributed by atoms with Gasteiger partial charge in [-0.2, -0.15) is 0 Å². The molecule has 2 rings (SSSR count). The zero-order valence-electron chi connectivity index (χ0n) is 18.4. The molecule has 0 aromatic heterocycles. The fourth-order valence-electron chi connectivity index (χ4n) is 4.61. The third-order valence-electron chi connectivity index (χ3n) is 6.40. The van der Waals surface area contributed by atoms with Gasteiger partial charge in [0.1, 0.15) is 0 Å². The second kappa shape index (κ2) is 14.0. The first kappa shape index (κ1) is 25.1. The molecule has 2 aliphatic rings. The van der Waals surface area contributed by atoms with Crippen molar-refractivity contribution in [2.75, 3.05) is 19.8 Å². The highest BCUT2D eigenvalue weighted by Gasteiger charge is 2.46. The molecule has 1 heterocycles. The molecule has 1 aliphatic carbocycles. The summed E-state index contributed by atoms with van der Waals surface area (Å²) in [5.74, 6) is 1.42. The number of aliphatic hydroxyl groups excluding tert-OH is 3. The van der Waals surface area contributed by atoms with E-state index in [-0.39, 0.29) is 25.2 Å². The van der Waals surface area contributed by atoms with Crippen LogP contribution in [0.4, 0.5) is 0 Å². The van der Waals surface area contributed by atoms with Gasteiger partial charge in [-0.25, -0.2) is 0 Å². The second-order valence-electron chi connectivity index (χ2n) is 8.79. The average molecular weight is 424 g/mol. The van der Waals surface area contributed by atoms with E-state index in [0.29, 0.717) is 30.3 Å². The fraction of sp³-hybridized carbons (Fsp3) is 0.792. The summed E-state index contributed by atoms with van der Waals surface area (Å²) in [6.45, 7) is 2.52. The monoisotopic (exact) mass is 423 g/mol. The number of hydrogen-bond acceptors (Lipinski definition) is 5. The van der Waals surface area contributed by atoms with Crippen LogP contribution >= 0.6 is 0 Å². The summed E-state index contributed by atoms with van der Waals surface area (Å²) >= 11 is 0. The summed E-state index contributed by atoms with van der Waals surface area (Å²) < 4.78 is 5.91. The van der Waals surface area contributed by atoms with E-state index in [1.807, 2.05) is 6.08 Å². The first-order valence-corrected chi connectivity index (χ1v) is 11.7. The van der Waals surface area contributed by atoms with Gasteiger partial charge < -0.3 is 25.4 Å². The van der Waals surface area contributed by atoms with Crippen molar-refractivity contribution < 1.29 is 24.9 Å². The minimum absolute atomic E-state index is 0.135. The largest absolute Gasteiger partial charge is 0.394 e. The molecule has 1 amide bonds. The number of ether oxygens (including phenoxy) is 1. The van der Waals surface area contributed by atoms with Crippen LogP contribution < -0.4 is 5.32 Å². The number of fused-ring (bicyclic) bond motifs is 2. The summed E-state index contributed by atoms with van der Waals surface area (Å²) in [5, 5.41) is 30.8. The van der Waals surface area contributed by atoms with E-state index in [9.17, 15) is 9.90 Å². The smallest absolute Gasteiger partial charge is 0.220 e. The van der Waals surface area contributed by atoms with Crippen molar-refractivity contribution in [3.8, 4) is 0 Å². The number of unbranched alkanes of at least 4 members (excludes halogenated alkanes) is 3. The topological polar surface area (TPSA) is 99.0 Å². The van der Waals surface area contributed by atoms with Crippen LogP contribution in [0.15, 0.2) is 24.3 Å². The lowest BCUT2D eigenvalue weighted by Crippen LogP contribution is -2.39. The predicted molar refractivity (Wildman–Crippen MR) is 118 cm³/mol. The Bertz CT molecular complexity index is 546. The number of hydrogen-bond donors (Lipinski definition) is 4. The number of carbonyl (C=O) groups is 1. The Balaban J connectivity index is 1.70. The van der Waals surface area contributed by atoms with E-state index in [4.69, 9.17) is 14.9 Å². The Labute approximate surface area is 181 Å². The maximum atomic E-state index is 11.8. The molecule has 1 saturated heterocycles. The summed E-state index contributed by atoms with van der Waals surface area (Å²) in [6, 6.07) is -0.566. The molecule has 2 bridgehead atoms. The maximum Gasteiger partial charge on any atom is 0.220 e. The molecular formula is C24H41NO5. The fourth-order valence-corrected chi connectivity index (χ4v) is 4.61. The lowest BCUT2D eigenvalue weighted by molar-refractivity contribution is -0.122. The van der Waals surface area contributed by atoms with Gasteiger partial charge >= 0.3 is 0 Å². The molecule has 4 N–H and O–H groups in total. The minimum atomic E-state index is -0.566. The van der Waals surface area contributed by atoms with Gasteiger partial charge in [0.15, 0.2) is 0 Å². The van der Waals surface area contributed by atoms with Gasteiger partial charge in [-0.1, -0.05) is 50.5 Å². The molecule has 0 radical (unpaired) electrons. The molecule has 1 saturated carbocycles. The lowest BCUT2D eigenvalue weighted by atomic mass is 9.84. The first-order chi connectivity index (χ1) is 14.6. The van der Waals surface area contributed by atoms with Crippen LogP contribution in [0.25, 0.3) is 0 Å². The van der Waals surface area contributed by atoms with Gasteiger partial charge in [0.2, 0.25) is 5.91 Å². The molecule has 30 heavy (non-hydrogen) atoms. The van der Waals surface area contributed by atoms with E-state index >= 15 is 0 Å². The van der Waals surface area contributed by atoms with Gasteiger partial charge in [-0.3, -0.25) is 4.79 Å². The molecule has 1 aliphatic heterocycles. The number of rotatable bonds is 15. The number of nitrogens with one attached hydrogen (secondary N) is 1. The predicted octanol–water partition coefficient (Wildman–Crippen LogP) is 2.72. The van der Waals surface area contributed by atoms with Crippen LogP contribution in [-0.2, 0) is 9.53 Å². The Morgan fingerprint density at radius 2 is 2.00 bits per heavy atom. The minimum Gasteiger partial charge on any atom is -0.394 e. The van der Waals surface area contributed by atoms with Crippen molar-refractivity contribution >= 4 is 5.91 Å². The quantitative estimate of drug-likeness (QED) is 0.240. The summed E-state index contributed by atoms with van der Waals surface area (Å²) in [7, 11) is 0. The van der Waals surface area contributed by atoms with Crippen molar-refractivity contribution in [2.45, 2.75) is 83.0 Å². The number of amides is 1. The molecule has 0 aromatic rings. The van der Waals surface area contributed by atoms with E-state index in [2.05, 4.69) is 30.5 Å². The maximum absolute atomic E-state index is 11.8. The lowest BCUT2D eigenvalue weighted by Gasteiger charge is -2.28. The normalized spacial score (nSPS) is 27.0. The molecule has 0 aromatic carbocycles. The molecule has 0 spiro atoms. The van der Waals surface area contributed by atoms with Crippen LogP contribution in [0, 0.1) is 17.8 Å². The van der Waals surface area contributed by atoms with Gasteiger partial charge in [-0.05, 0) is 43.9 Å². The Kier molecular flexibility index (Phi) is 11.7. The molecule has 6 nitrogen and oxygen atoms in total. The van der Waals surface area contributed by atoms with Crippen molar-refractivity contribution in [3.63, 3.8) is 0 Å². The molecule has 0 unspecified atom stereocenters. The van der Waals surface area contributed by atoms with Gasteiger partial charge in [-0.15, -0.1) is 0 Å².